The number of carbonyl (C=O) groups excluding carboxylic acids is 4. The molecule has 0 N–H and O–H groups in total. The molecular formula is C63H104O8. The van der Waals surface area contributed by atoms with E-state index < -0.39 is 0 Å². The minimum Gasteiger partial charge on any atom is -0.426 e. The average molecular weight is 990 g/mol. The number of rotatable bonds is 48. The number of unbranched alkanes of at least 4 members (excludes halogenated alkanes) is 32. The Balaban J connectivity index is 2.10. The second-order valence-corrected chi connectivity index (χ2v) is 20.6. The molecule has 0 heterocycles. The molecule has 0 spiro atoms. The molecule has 0 saturated heterocycles. The molecule has 0 atom stereocenters. The first-order valence-electron chi connectivity index (χ1n) is 29.9. The molecule has 0 aromatic heterocycles. The van der Waals surface area contributed by atoms with Crippen LogP contribution in [0.15, 0.2) is 36.4 Å². The lowest BCUT2D eigenvalue weighted by Gasteiger charge is -2.14. The van der Waals surface area contributed by atoms with E-state index in [1.807, 2.05) is 12.1 Å². The van der Waals surface area contributed by atoms with E-state index in [-0.39, 0.29) is 23.9 Å². The summed E-state index contributed by atoms with van der Waals surface area (Å²) in [6.07, 6.45) is 45.3. The van der Waals surface area contributed by atoms with Gasteiger partial charge >= 0.3 is 23.9 Å². The molecule has 0 bridgehead atoms. The van der Waals surface area contributed by atoms with Crippen LogP contribution in [0.4, 0.5) is 0 Å². The molecule has 2 rings (SSSR count). The van der Waals surface area contributed by atoms with Gasteiger partial charge in [-0.05, 0) is 68.2 Å². The number of ether oxygens (including phenoxy) is 4. The molecule has 0 aliphatic rings. The molecule has 8 nitrogen and oxygen atoms in total. The molecular weight excluding hydrogens is 885 g/mol. The summed E-state index contributed by atoms with van der Waals surface area (Å²) < 4.78 is 23.6. The molecule has 0 aliphatic heterocycles. The Morgan fingerprint density at radius 3 is 0.761 bits per heavy atom. The summed E-state index contributed by atoms with van der Waals surface area (Å²) >= 11 is 0. The maximum atomic E-state index is 13.3. The van der Waals surface area contributed by atoms with Gasteiger partial charge in [0.15, 0.2) is 0 Å². The zero-order valence-electron chi connectivity index (χ0n) is 46.1. The number of hydrogen-bond acceptors (Lipinski definition) is 8. The normalized spacial score (nSPS) is 11.2. The highest BCUT2D eigenvalue weighted by Gasteiger charge is 2.17. The summed E-state index contributed by atoms with van der Waals surface area (Å²) in [7, 11) is 0. The van der Waals surface area contributed by atoms with Crippen molar-refractivity contribution in [3.8, 4) is 23.0 Å². The van der Waals surface area contributed by atoms with Crippen LogP contribution in [0.5, 0.6) is 23.0 Å². The minimum atomic E-state index is -0.281. The summed E-state index contributed by atoms with van der Waals surface area (Å²) in [6.45, 7) is 8.95. The lowest BCUT2D eigenvalue weighted by atomic mass is 10.0. The van der Waals surface area contributed by atoms with E-state index >= 15 is 0 Å². The van der Waals surface area contributed by atoms with Crippen LogP contribution in [0.3, 0.4) is 0 Å². The molecule has 0 aliphatic carbocycles. The van der Waals surface area contributed by atoms with Crippen LogP contribution in [0.2, 0.25) is 0 Å². The van der Waals surface area contributed by atoms with Gasteiger partial charge in [-0.15, -0.1) is 0 Å². The van der Waals surface area contributed by atoms with Gasteiger partial charge in [0.2, 0.25) is 0 Å². The van der Waals surface area contributed by atoms with Gasteiger partial charge in [-0.1, -0.05) is 245 Å². The molecule has 0 amide bonds. The third-order valence-corrected chi connectivity index (χ3v) is 13.8. The fraction of sp³-hybridized carbons (Fsp3) is 0.746. The van der Waals surface area contributed by atoms with Gasteiger partial charge in [0.1, 0.15) is 23.0 Å². The average Bonchev–Trinajstić information content (AvgIpc) is 3.35. The number of esters is 4. The predicted octanol–water partition coefficient (Wildman–Crippen LogP) is 19.2. The fourth-order valence-electron chi connectivity index (χ4n) is 9.30. The van der Waals surface area contributed by atoms with Crippen molar-refractivity contribution in [2.24, 2.45) is 0 Å². The Kier molecular flexibility index (Phi) is 40.2. The maximum Gasteiger partial charge on any atom is 0.311 e. The molecule has 2 aromatic carbocycles. The summed E-state index contributed by atoms with van der Waals surface area (Å²) in [4.78, 5) is 52.4. The molecule has 2 aromatic rings. The van der Waals surface area contributed by atoms with Crippen LogP contribution >= 0.6 is 0 Å². The van der Waals surface area contributed by atoms with E-state index in [4.69, 9.17) is 18.9 Å². The minimum absolute atomic E-state index is 0.273. The molecule has 71 heavy (non-hydrogen) atoms. The maximum absolute atomic E-state index is 13.3. The second-order valence-electron chi connectivity index (χ2n) is 20.6. The molecule has 404 valence electrons. The van der Waals surface area contributed by atoms with Crippen LogP contribution in [-0.4, -0.2) is 23.9 Å². The first-order chi connectivity index (χ1) is 34.8. The van der Waals surface area contributed by atoms with Crippen molar-refractivity contribution in [2.75, 3.05) is 0 Å². The van der Waals surface area contributed by atoms with Crippen LogP contribution in [-0.2, 0) is 32.0 Å². The van der Waals surface area contributed by atoms with Gasteiger partial charge < -0.3 is 18.9 Å². The molecule has 8 heteroatoms. The van der Waals surface area contributed by atoms with E-state index in [0.717, 1.165) is 88.2 Å². The smallest absolute Gasteiger partial charge is 0.311 e. The third-order valence-electron chi connectivity index (χ3n) is 13.8. The Labute approximate surface area is 434 Å². The van der Waals surface area contributed by atoms with E-state index in [1.165, 1.54) is 154 Å². The topological polar surface area (TPSA) is 105 Å². The van der Waals surface area contributed by atoms with Gasteiger partial charge in [0.25, 0.3) is 0 Å². The first-order valence-corrected chi connectivity index (χ1v) is 29.9. The van der Waals surface area contributed by atoms with Crippen molar-refractivity contribution in [3.63, 3.8) is 0 Å². The quantitative estimate of drug-likeness (QED) is 0.0367. The highest BCUT2D eigenvalue weighted by atomic mass is 16.6. The largest absolute Gasteiger partial charge is 0.426 e. The van der Waals surface area contributed by atoms with E-state index in [0.29, 0.717) is 67.9 Å². The highest BCUT2D eigenvalue weighted by molar-refractivity contribution is 5.75. The highest BCUT2D eigenvalue weighted by Crippen LogP contribution is 2.31. The molecule has 0 saturated carbocycles. The summed E-state index contributed by atoms with van der Waals surface area (Å²) in [6, 6.07) is 10.7. The number of aryl methyl sites for hydroxylation is 2. The molecule has 0 unspecified atom stereocenters. The first kappa shape index (κ1) is 63.4. The zero-order valence-corrected chi connectivity index (χ0v) is 46.1. The van der Waals surface area contributed by atoms with Gasteiger partial charge in [0, 0.05) is 37.8 Å². The van der Waals surface area contributed by atoms with Gasteiger partial charge in [0.05, 0.1) is 0 Å². The van der Waals surface area contributed by atoms with E-state index in [9.17, 15) is 19.2 Å². The van der Waals surface area contributed by atoms with Crippen molar-refractivity contribution in [3.05, 3.63) is 47.5 Å². The summed E-state index contributed by atoms with van der Waals surface area (Å²) in [5.41, 5.74) is 1.69. The predicted molar refractivity (Wildman–Crippen MR) is 295 cm³/mol. The van der Waals surface area contributed by atoms with Crippen LogP contribution in [0, 0.1) is 0 Å². The summed E-state index contributed by atoms with van der Waals surface area (Å²) in [5, 5.41) is 0. The van der Waals surface area contributed by atoms with Gasteiger partial charge in [-0.2, -0.15) is 0 Å². The Morgan fingerprint density at radius 2 is 0.507 bits per heavy atom. The van der Waals surface area contributed by atoms with Gasteiger partial charge in [-0.3, -0.25) is 19.2 Å². The Morgan fingerprint density at radius 1 is 0.282 bits per heavy atom. The van der Waals surface area contributed by atoms with Crippen molar-refractivity contribution in [1.29, 1.82) is 0 Å². The fourth-order valence-corrected chi connectivity index (χ4v) is 9.30. The van der Waals surface area contributed by atoms with Crippen LogP contribution in [0.25, 0.3) is 0 Å². The van der Waals surface area contributed by atoms with Crippen LogP contribution < -0.4 is 18.9 Å². The van der Waals surface area contributed by atoms with Crippen molar-refractivity contribution < 1.29 is 38.1 Å². The molecule has 0 fully saturated rings. The van der Waals surface area contributed by atoms with Crippen molar-refractivity contribution in [1.82, 2.24) is 0 Å². The Bertz CT molecular complexity index is 1530. The number of carbonyl (C=O) groups is 4. The molecule has 0 radical (unpaired) electrons. The van der Waals surface area contributed by atoms with Crippen LogP contribution in [0.1, 0.15) is 302 Å². The zero-order chi connectivity index (χ0) is 51.3. The monoisotopic (exact) mass is 989 g/mol. The SMILES string of the molecule is CCCCCCCCCCCC(=O)Oc1ccc(CCCc2ccc(OC(=O)CCCCCCCCCCC)cc2OC(=O)CCCCCCCCCCC)c(OC(=O)CCCCCCCCCCC)c1. The van der Waals surface area contributed by atoms with E-state index in [1.54, 1.807) is 24.3 Å². The lowest BCUT2D eigenvalue weighted by molar-refractivity contribution is -0.136. The third kappa shape index (κ3) is 35.2. The Hall–Kier alpha value is -3.68. The van der Waals surface area contributed by atoms with Gasteiger partial charge in [-0.25, -0.2) is 0 Å². The van der Waals surface area contributed by atoms with Crippen molar-refractivity contribution in [2.45, 2.75) is 304 Å². The standard InChI is InChI=1S/C63H104O8/c1-5-9-13-17-21-25-29-33-37-44-60(64)68-56-50-48-54(58(52-56)70-62(66)46-39-35-31-27-23-19-15-11-7-3)42-41-43-55-49-51-57(69-61(65)45-38-34-30-26-22-18-14-10-6-2)53-59(55)71-63(67)47-40-36-32-28-24-20-16-12-8-4/h48-53H,5-47H2,1-4H3. The lowest BCUT2D eigenvalue weighted by Crippen LogP contribution is -2.12. The van der Waals surface area contributed by atoms with Crippen molar-refractivity contribution >= 4 is 23.9 Å². The van der Waals surface area contributed by atoms with E-state index in [2.05, 4.69) is 27.7 Å². The number of benzene rings is 2. The second kappa shape index (κ2) is 45.0. The number of hydrogen-bond donors (Lipinski definition) is 0. The summed E-state index contributed by atoms with van der Waals surface area (Å²) in [5.74, 6) is 0.486.